The fourth-order valence-electron chi connectivity index (χ4n) is 9.72. The fraction of sp³-hybridized carbons (Fsp3) is 0.0847. The summed E-state index contributed by atoms with van der Waals surface area (Å²) in [5.41, 5.74) is -2.12. The van der Waals surface area contributed by atoms with Gasteiger partial charge in [-0.15, -0.1) is 35.8 Å². The molecule has 42 heteroatoms. The van der Waals surface area contributed by atoms with Gasteiger partial charge in [-0.05, 0) is 108 Å². The molecule has 9 rings (SSSR count). The molecule has 9 aromatic rings. The third kappa shape index (κ3) is 16.0. The van der Waals surface area contributed by atoms with E-state index >= 15 is 0 Å². The Morgan fingerprint density at radius 3 is 1.21 bits per heavy atom. The summed E-state index contributed by atoms with van der Waals surface area (Å²) in [4.78, 5) is 67.8. The Hall–Kier alpha value is -12.6. The van der Waals surface area contributed by atoms with E-state index in [1.165, 1.54) is 19.1 Å². The summed E-state index contributed by atoms with van der Waals surface area (Å²) < 4.78 is 149. The topological polar surface area (TPSA) is 597 Å². The number of aromatic hydroxyl groups is 3. The number of hydrogen-bond donors (Lipinski definition) is 9. The molecule has 0 bridgehead atoms. The number of azo groups is 5. The second-order valence-corrected chi connectivity index (χ2v) is 26.8. The number of anilines is 1. The smallest absolute Gasteiger partial charge is 0.335 e. The van der Waals surface area contributed by atoms with Crippen LogP contribution in [-0.2, 0) is 74.7 Å². The van der Waals surface area contributed by atoms with Crippen molar-refractivity contribution in [3.8, 4) is 34.5 Å². The number of hydrogen-bond acceptors (Lipinski definition) is 33. The van der Waals surface area contributed by atoms with Gasteiger partial charge in [-0.25, -0.2) is 14.4 Å². The number of fused-ring (bicyclic) bond motifs is 3. The van der Waals surface area contributed by atoms with Crippen molar-refractivity contribution in [1.29, 1.82) is 0 Å². The normalized spacial score (nSPS) is 12.4. The number of aromatic carboxylic acids is 3. The third-order valence-electron chi connectivity index (χ3n) is 14.1. The van der Waals surface area contributed by atoms with Gasteiger partial charge in [0.1, 0.15) is 61.3 Å². The average Bonchev–Trinajstić information content (AvgIpc) is 0.755. The molecule has 0 radical (unpaired) electrons. The second-order valence-electron chi connectivity index (χ2n) is 20.5. The van der Waals surface area contributed by atoms with Crippen LogP contribution in [0, 0.1) is 6.92 Å². The first kappa shape index (κ1) is 72.7. The van der Waals surface area contributed by atoms with Crippen LogP contribution in [0.3, 0.4) is 0 Å². The van der Waals surface area contributed by atoms with E-state index in [1.54, 1.807) is 0 Å². The summed E-state index contributed by atoms with van der Waals surface area (Å²) in [6, 6.07) is 16.9. The first-order valence-electron chi connectivity index (χ1n) is 27.4. The number of phenols is 3. The molecule has 0 aliphatic heterocycles. The highest BCUT2D eigenvalue weighted by molar-refractivity contribution is 7.87. The number of carbonyl (C=O) groups is 6. The molecule has 0 amide bonds. The standard InChI is InChI=1S/C59H43N11O27S4/c1-26-4-5-42(47-38(26)19-45(100(89,90)93-2)52(54(47)74)69-62-33-9-28(58(79)80)12-36(17-33)96-24-72)65-64-41-6-7-43(48-40(41)20-46(101(91,92)94-3)53(55(48)75)70-63-34-10-29(59(81)82)13-37(18-34)97-25-73)66-67-44-15-30(21-98(83,84)85)39-14-31(22-99(86,87)88)51(56(76)49(39)50(44)60)68-61-32-8-27(57(77)78)11-35(16-32)95-23-71/h4-20,23-25,74-76H,21-22,60H2,1-3H3,(H,77,78)(H,79,80)(H,81,82)(H,83,84,85)(H,86,87,88). The van der Waals surface area contributed by atoms with E-state index in [9.17, 15) is 102 Å². The maximum Gasteiger partial charge on any atom is 0.335 e. The highest BCUT2D eigenvalue weighted by Crippen LogP contribution is 2.52. The zero-order valence-corrected chi connectivity index (χ0v) is 54.2. The van der Waals surface area contributed by atoms with Gasteiger partial charge < -0.3 is 50.6 Å². The Morgan fingerprint density at radius 1 is 0.426 bits per heavy atom. The molecule has 9 aromatic carbocycles. The predicted molar refractivity (Wildman–Crippen MR) is 346 cm³/mol. The van der Waals surface area contributed by atoms with E-state index in [1.807, 2.05) is 0 Å². The number of rotatable bonds is 27. The van der Waals surface area contributed by atoms with Gasteiger partial charge in [-0.1, -0.05) is 6.07 Å². The molecule has 0 aliphatic carbocycles. The lowest BCUT2D eigenvalue weighted by atomic mass is 9.98. The number of carboxylic acid groups (broad SMARTS) is 3. The van der Waals surface area contributed by atoms with Crippen LogP contribution in [0.5, 0.6) is 34.5 Å². The Balaban J connectivity index is 1.31. The largest absolute Gasteiger partial charge is 0.505 e. The van der Waals surface area contributed by atoms with Gasteiger partial charge in [-0.2, -0.15) is 49.0 Å². The summed E-state index contributed by atoms with van der Waals surface area (Å²) in [6.07, 6.45) is 0. The van der Waals surface area contributed by atoms with Crippen molar-refractivity contribution in [3.05, 3.63) is 137 Å². The molecule has 520 valence electrons. The van der Waals surface area contributed by atoms with Crippen LogP contribution in [0.25, 0.3) is 32.3 Å². The summed E-state index contributed by atoms with van der Waals surface area (Å²) in [5, 5.41) is 104. The molecule has 101 heavy (non-hydrogen) atoms. The summed E-state index contributed by atoms with van der Waals surface area (Å²) >= 11 is 0. The van der Waals surface area contributed by atoms with E-state index in [2.05, 4.69) is 51.1 Å². The minimum atomic E-state index is -5.13. The molecule has 0 spiro atoms. The van der Waals surface area contributed by atoms with Gasteiger partial charge in [0.2, 0.25) is 0 Å². The van der Waals surface area contributed by atoms with E-state index in [0.29, 0.717) is 7.11 Å². The number of nitrogens with zero attached hydrogens (tertiary/aromatic N) is 10. The third-order valence-corrected chi connectivity index (χ3v) is 18.0. The summed E-state index contributed by atoms with van der Waals surface area (Å²) in [5.74, 6) is -11.8. The number of benzene rings is 9. The molecule has 38 nitrogen and oxygen atoms in total. The number of aryl methyl sites for hydroxylation is 1. The highest BCUT2D eigenvalue weighted by atomic mass is 32.2. The Bertz CT molecular complexity index is 5710. The van der Waals surface area contributed by atoms with Crippen LogP contribution in [0.1, 0.15) is 47.8 Å². The van der Waals surface area contributed by atoms with Crippen LogP contribution >= 0.6 is 0 Å². The van der Waals surface area contributed by atoms with Gasteiger partial charge in [0.15, 0.2) is 17.2 Å². The van der Waals surface area contributed by atoms with Crippen molar-refractivity contribution in [2.24, 2.45) is 51.1 Å². The summed E-state index contributed by atoms with van der Waals surface area (Å²) in [7, 11) is -18.7. The van der Waals surface area contributed by atoms with E-state index in [0.717, 1.165) is 98.1 Å². The first-order valence-corrected chi connectivity index (χ1v) is 33.4. The van der Waals surface area contributed by atoms with Crippen molar-refractivity contribution < 1.29 is 125 Å². The first-order chi connectivity index (χ1) is 47.6. The highest BCUT2D eigenvalue weighted by Gasteiger charge is 2.30. The van der Waals surface area contributed by atoms with Gasteiger partial charge in [0.25, 0.3) is 59.9 Å². The van der Waals surface area contributed by atoms with Crippen molar-refractivity contribution in [3.63, 3.8) is 0 Å². The minimum Gasteiger partial charge on any atom is -0.505 e. The second kappa shape index (κ2) is 28.9. The molecule has 0 saturated carbocycles. The van der Waals surface area contributed by atoms with Gasteiger partial charge >= 0.3 is 17.9 Å². The van der Waals surface area contributed by atoms with Crippen molar-refractivity contribution in [2.45, 2.75) is 28.2 Å². The number of phenolic OH excluding ortho intramolecular Hbond substituents is 3. The molecule has 0 unspecified atom stereocenters. The van der Waals surface area contributed by atoms with Gasteiger partial charge in [-0.3, -0.25) is 31.9 Å². The predicted octanol–water partition coefficient (Wildman–Crippen LogP) is 11.4. The van der Waals surface area contributed by atoms with E-state index in [-0.39, 0.29) is 58.6 Å². The Kier molecular flexibility index (Phi) is 20.8. The molecule has 0 heterocycles. The van der Waals surface area contributed by atoms with E-state index < -0.39 is 203 Å². The number of nitrogens with two attached hydrogens (primary N) is 1. The fourth-order valence-corrected chi connectivity index (χ4v) is 12.6. The van der Waals surface area contributed by atoms with Gasteiger partial charge in [0.05, 0.1) is 86.9 Å². The van der Waals surface area contributed by atoms with Crippen LogP contribution in [0.4, 0.5) is 62.6 Å². The number of ether oxygens (including phenoxy) is 3. The molecule has 0 aromatic heterocycles. The van der Waals surface area contributed by atoms with E-state index in [4.69, 9.17) is 28.3 Å². The average molecular weight is 1470 g/mol. The van der Waals surface area contributed by atoms with Crippen LogP contribution in [0.2, 0.25) is 0 Å². The number of nitrogen functional groups attached to an aromatic ring is 1. The quantitative estimate of drug-likeness (QED) is 0.00759. The minimum absolute atomic E-state index is 0.0195. The zero-order valence-electron chi connectivity index (χ0n) is 51.0. The zero-order chi connectivity index (χ0) is 73.8. The molecule has 0 atom stereocenters. The maximum atomic E-state index is 14.0. The lowest BCUT2D eigenvalue weighted by Crippen LogP contribution is -2.05. The molecular weight excluding hydrogens is 1420 g/mol. The lowest BCUT2D eigenvalue weighted by molar-refractivity contribution is -0.121. The summed E-state index contributed by atoms with van der Waals surface area (Å²) in [6.45, 7) is 1.36. The van der Waals surface area contributed by atoms with Gasteiger partial charge in [0, 0.05) is 29.1 Å². The van der Waals surface area contributed by atoms with Crippen molar-refractivity contribution in [1.82, 2.24) is 0 Å². The van der Waals surface area contributed by atoms with Crippen molar-refractivity contribution in [2.75, 3.05) is 20.0 Å². The molecule has 0 aliphatic rings. The van der Waals surface area contributed by atoms with Crippen LogP contribution in [-0.4, -0.2) is 125 Å². The monoisotopic (exact) mass is 1470 g/mol. The van der Waals surface area contributed by atoms with Crippen molar-refractivity contribution >= 4 is 173 Å². The Morgan fingerprint density at radius 2 is 0.792 bits per heavy atom. The molecular formula is C59H43N11O27S4. The SMILES string of the molecule is COS(=O)(=O)c1cc2c(C)ccc(N=Nc3ccc(N=Nc4cc(CS(=O)(=O)O)c5cc(CS(=O)(=O)O)c(N=Nc6cc(OC=O)cc(C(=O)O)c6)c(O)c5c4N)c4c(O)c(N=Nc5cc(OC=O)cc(C(=O)O)c5)c(S(=O)(=O)OC)cc34)c2c(O)c1N=Nc1cc(OC=O)cc(C(=O)O)c1. The molecule has 10 N–H and O–H groups in total. The maximum absolute atomic E-state index is 14.0. The molecule has 0 saturated heterocycles. The van der Waals surface area contributed by atoms with Crippen LogP contribution < -0.4 is 19.9 Å². The lowest BCUT2D eigenvalue weighted by Gasteiger charge is -2.16. The number of carbonyl (C=O) groups excluding carboxylic acids is 3. The van der Waals surface area contributed by atoms with Crippen LogP contribution in [0.15, 0.2) is 164 Å². The molecule has 0 fully saturated rings. The Labute approximate surface area is 565 Å². The number of carboxylic acids is 3.